The number of rotatable bonds is 4. The van der Waals surface area contributed by atoms with Gasteiger partial charge in [-0.15, -0.1) is 11.3 Å². The maximum Gasteiger partial charge on any atom is 0.220 e. The minimum absolute atomic E-state index is 0.383. The number of hydrogen-bond donors (Lipinski definition) is 0. The van der Waals surface area contributed by atoms with E-state index in [1.54, 1.807) is 17.7 Å². The monoisotopic (exact) mass is 882 g/mol. The first-order valence-electron chi connectivity index (χ1n) is 22.4. The Bertz CT molecular complexity index is 4670. The molecule has 5 aromatic heterocycles. The Hall–Kier alpha value is -9.34. The Balaban J connectivity index is 1.27. The minimum Gasteiger partial charge on any atom is -0.456 e. The molecule has 0 spiro atoms. The molecular weight excluding hydrogens is 853 g/mol. The number of thiophene rings is 1. The normalized spacial score (nSPS) is 12.1. The summed E-state index contributed by atoms with van der Waals surface area (Å²) in [6.07, 6.45) is 3.52. The van der Waals surface area contributed by atoms with Gasteiger partial charge < -0.3 is 13.6 Å². The smallest absolute Gasteiger partial charge is 0.220 e. The average molecular weight is 883 g/mol. The van der Waals surface area contributed by atoms with Crippen LogP contribution in [0.1, 0.15) is 5.56 Å². The Morgan fingerprint density at radius 2 is 1.18 bits per heavy atom. The average Bonchev–Trinajstić information content (AvgIpc) is 4.16. The van der Waals surface area contributed by atoms with Crippen LogP contribution in [0.2, 0.25) is 0 Å². The highest BCUT2D eigenvalue weighted by Gasteiger charge is 2.34. The van der Waals surface area contributed by atoms with Crippen molar-refractivity contribution in [2.45, 2.75) is 0 Å². The molecule has 68 heavy (non-hydrogen) atoms. The second-order valence-corrected chi connectivity index (χ2v) is 18.4. The van der Waals surface area contributed by atoms with Gasteiger partial charge in [0.25, 0.3) is 0 Å². The van der Waals surface area contributed by atoms with Crippen molar-refractivity contribution in [2.24, 2.45) is 0 Å². The maximum atomic E-state index is 12.1. The Morgan fingerprint density at radius 3 is 1.96 bits per heavy atom. The molecule has 10 aromatic carbocycles. The van der Waals surface area contributed by atoms with E-state index in [0.717, 1.165) is 114 Å². The van der Waals surface area contributed by atoms with Crippen molar-refractivity contribution in [2.75, 3.05) is 0 Å². The van der Waals surface area contributed by atoms with E-state index in [1.807, 2.05) is 66.9 Å². The third kappa shape index (κ3) is 4.68. The molecule has 312 valence electrons. The highest BCUT2D eigenvalue weighted by atomic mass is 32.1. The Labute approximate surface area is 390 Å². The molecular formula is C60H30N6OS. The lowest BCUT2D eigenvalue weighted by molar-refractivity contribution is 0.669. The summed E-state index contributed by atoms with van der Waals surface area (Å²) in [5.74, 6) is 0. The van der Waals surface area contributed by atoms with Crippen molar-refractivity contribution in [3.05, 3.63) is 199 Å². The molecule has 0 N–H and O–H groups in total. The first kappa shape index (κ1) is 36.9. The van der Waals surface area contributed by atoms with Crippen molar-refractivity contribution >= 4 is 124 Å². The first-order valence-corrected chi connectivity index (χ1v) is 23.2. The molecule has 0 amide bonds. The first-order chi connectivity index (χ1) is 33.7. The molecule has 0 fully saturated rings. The van der Waals surface area contributed by atoms with E-state index in [4.69, 9.17) is 9.40 Å². The lowest BCUT2D eigenvalue weighted by atomic mass is 9.88. The van der Waals surface area contributed by atoms with Gasteiger partial charge in [-0.25, -0.2) is 14.8 Å². The fourth-order valence-electron chi connectivity index (χ4n) is 11.4. The summed E-state index contributed by atoms with van der Waals surface area (Å²) in [7, 11) is 0. The molecule has 0 atom stereocenters. The number of furan rings is 1. The van der Waals surface area contributed by atoms with Crippen LogP contribution < -0.4 is 0 Å². The van der Waals surface area contributed by atoms with Gasteiger partial charge in [0.05, 0.1) is 61.2 Å². The molecule has 0 unspecified atom stereocenters. The van der Waals surface area contributed by atoms with Crippen LogP contribution in [-0.2, 0) is 0 Å². The van der Waals surface area contributed by atoms with Gasteiger partial charge >= 0.3 is 0 Å². The SMILES string of the molecule is [C-]#[N+]c1c(-c2ccccc2)c(C#N)c(-n2c3c(ccc4c5ccccc5sc43)c3ccc4oc5ccccc5c4c32)c(-c2ccccc2)c1-n1c2cccc3c4cncnc4c4cccc1c4c32. The highest BCUT2D eigenvalue weighted by Crippen LogP contribution is 2.55. The largest absolute Gasteiger partial charge is 0.456 e. The summed E-state index contributed by atoms with van der Waals surface area (Å²) in [6, 6.07) is 61.4. The van der Waals surface area contributed by atoms with Crippen molar-refractivity contribution < 1.29 is 4.42 Å². The molecule has 15 rings (SSSR count). The molecule has 8 heteroatoms. The number of aromatic nitrogens is 4. The van der Waals surface area contributed by atoms with Gasteiger partial charge in [-0.3, -0.25) is 0 Å². The van der Waals surface area contributed by atoms with Crippen molar-refractivity contribution in [3.8, 4) is 39.7 Å². The summed E-state index contributed by atoms with van der Waals surface area (Å²) in [5, 5.41) is 23.6. The molecule has 0 saturated heterocycles. The lowest BCUT2D eigenvalue weighted by Crippen LogP contribution is -2.09. The molecule has 0 saturated carbocycles. The summed E-state index contributed by atoms with van der Waals surface area (Å²) in [6.45, 7) is 9.35. The zero-order valence-corrected chi connectivity index (χ0v) is 36.6. The van der Waals surface area contributed by atoms with Crippen molar-refractivity contribution in [1.82, 2.24) is 19.1 Å². The fraction of sp³-hybridized carbons (Fsp3) is 0. The Kier molecular flexibility index (Phi) is 7.39. The van der Waals surface area contributed by atoms with Crippen LogP contribution in [0.3, 0.4) is 0 Å². The van der Waals surface area contributed by atoms with Gasteiger partial charge in [0, 0.05) is 70.5 Å². The van der Waals surface area contributed by atoms with Crippen LogP contribution in [0.15, 0.2) is 187 Å². The summed E-state index contributed by atoms with van der Waals surface area (Å²) < 4.78 is 13.6. The zero-order valence-electron chi connectivity index (χ0n) is 35.8. The van der Waals surface area contributed by atoms with E-state index >= 15 is 0 Å². The number of hydrogen-bond acceptors (Lipinski definition) is 5. The third-order valence-corrected chi connectivity index (χ3v) is 15.3. The van der Waals surface area contributed by atoms with E-state index in [9.17, 15) is 11.8 Å². The fourth-order valence-corrected chi connectivity index (χ4v) is 12.7. The van der Waals surface area contributed by atoms with Gasteiger partial charge in [0.15, 0.2) is 0 Å². The van der Waals surface area contributed by atoms with E-state index in [2.05, 4.69) is 134 Å². The number of benzene rings is 10. The molecule has 0 radical (unpaired) electrons. The zero-order chi connectivity index (χ0) is 44.8. The standard InChI is InChI=1S/C60H30N6OS/c1-62-55-49(33-14-4-2-5-15-33)42(30-61)57(50(34-16-6-3-7-17-34)59(55)65-44-22-12-20-36-43-31-63-32-64-54(43)41-21-13-23-45(65)52(41)51(36)44)66-56-37(28-29-47-53(56)40-19-8-10-24-46(40)67-47)38-26-27-39-35-18-9-11-25-48(35)68-60(39)58(38)66/h2-29,31-32H. The van der Waals surface area contributed by atoms with Crippen LogP contribution in [0, 0.1) is 17.9 Å². The van der Waals surface area contributed by atoms with E-state index in [-0.39, 0.29) is 0 Å². The predicted octanol–water partition coefficient (Wildman–Crippen LogP) is 16.4. The number of para-hydroxylation sites is 1. The molecule has 15 aromatic rings. The second-order valence-electron chi connectivity index (χ2n) is 17.4. The second kappa shape index (κ2) is 13.6. The predicted molar refractivity (Wildman–Crippen MR) is 279 cm³/mol. The van der Waals surface area contributed by atoms with E-state index in [0.29, 0.717) is 28.2 Å². The summed E-state index contributed by atoms with van der Waals surface area (Å²) in [4.78, 5) is 13.9. The van der Waals surface area contributed by atoms with E-state index in [1.165, 1.54) is 10.1 Å². The van der Waals surface area contributed by atoms with Crippen LogP contribution in [0.25, 0.3) is 146 Å². The van der Waals surface area contributed by atoms with E-state index < -0.39 is 0 Å². The van der Waals surface area contributed by atoms with Crippen LogP contribution in [0.4, 0.5) is 5.69 Å². The quantitative estimate of drug-likeness (QED) is 0.130. The summed E-state index contributed by atoms with van der Waals surface area (Å²) >= 11 is 1.77. The van der Waals surface area contributed by atoms with Crippen molar-refractivity contribution in [1.29, 1.82) is 5.26 Å². The molecule has 5 heterocycles. The van der Waals surface area contributed by atoms with Gasteiger partial charge in [0.2, 0.25) is 5.69 Å². The molecule has 0 aliphatic rings. The van der Waals surface area contributed by atoms with Gasteiger partial charge in [-0.2, -0.15) is 5.26 Å². The Morgan fingerprint density at radius 1 is 0.529 bits per heavy atom. The van der Waals surface area contributed by atoms with Crippen LogP contribution in [0.5, 0.6) is 0 Å². The number of nitrogens with zero attached hydrogens (tertiary/aromatic N) is 6. The lowest BCUT2D eigenvalue weighted by Gasteiger charge is -2.26. The highest BCUT2D eigenvalue weighted by molar-refractivity contribution is 7.26. The summed E-state index contributed by atoms with van der Waals surface area (Å²) in [5.41, 5.74) is 11.3. The topological polar surface area (TPSA) is 76.9 Å². The van der Waals surface area contributed by atoms with Crippen LogP contribution >= 0.6 is 11.3 Å². The van der Waals surface area contributed by atoms with Crippen molar-refractivity contribution in [3.63, 3.8) is 0 Å². The molecule has 0 aliphatic carbocycles. The van der Waals surface area contributed by atoms with Crippen LogP contribution in [-0.4, -0.2) is 19.1 Å². The van der Waals surface area contributed by atoms with Gasteiger partial charge in [-0.05, 0) is 52.9 Å². The molecule has 0 aliphatic heterocycles. The third-order valence-electron chi connectivity index (χ3n) is 14.1. The maximum absolute atomic E-state index is 12.1. The van der Waals surface area contributed by atoms with Gasteiger partial charge in [0.1, 0.15) is 23.6 Å². The minimum atomic E-state index is 0.383. The number of nitriles is 1. The number of fused-ring (bicyclic) bond motifs is 14. The molecule has 7 nitrogen and oxygen atoms in total. The molecule has 0 bridgehead atoms. The van der Waals surface area contributed by atoms with Gasteiger partial charge in [-0.1, -0.05) is 133 Å².